The number of benzene rings is 1. The maximum Gasteiger partial charge on any atom is 0.0458 e. The molecule has 1 N–H and O–H groups in total. The van der Waals surface area contributed by atoms with Crippen LogP contribution in [0.4, 0.5) is 0 Å². The van der Waals surface area contributed by atoms with Crippen LogP contribution in [0.5, 0.6) is 0 Å². The number of piperidine rings is 1. The predicted molar refractivity (Wildman–Crippen MR) is 74.8 cm³/mol. The maximum atomic E-state index is 3.54. The fourth-order valence-electron chi connectivity index (χ4n) is 2.49. The molecule has 1 aromatic carbocycles. The molecule has 0 aliphatic carbocycles. The minimum atomic E-state index is 1.05. The second kappa shape index (κ2) is 4.83. The molecule has 1 aliphatic rings. The van der Waals surface area contributed by atoms with Crippen LogP contribution >= 0.6 is 15.9 Å². The Kier molecular flexibility index (Phi) is 3.21. The smallest absolute Gasteiger partial charge is 0.0458 e. The zero-order valence-corrected chi connectivity index (χ0v) is 11.3. The number of rotatable bonds is 2. The van der Waals surface area contributed by atoms with Gasteiger partial charge in [0.05, 0.1) is 0 Å². The second-order valence-corrected chi connectivity index (χ2v) is 5.59. The van der Waals surface area contributed by atoms with E-state index in [0.29, 0.717) is 0 Å². The van der Waals surface area contributed by atoms with Gasteiger partial charge in [-0.25, -0.2) is 0 Å². The topological polar surface area (TPSA) is 19.0 Å². The van der Waals surface area contributed by atoms with Gasteiger partial charge in [-0.2, -0.15) is 0 Å². The Morgan fingerprint density at radius 3 is 3.12 bits per heavy atom. The molecule has 0 unspecified atom stereocenters. The number of aromatic amines is 1. The van der Waals surface area contributed by atoms with Crippen molar-refractivity contribution in [2.75, 3.05) is 13.1 Å². The molecule has 89 valence electrons. The summed E-state index contributed by atoms with van der Waals surface area (Å²) < 4.78 is 1.15. The first-order valence-electron chi connectivity index (χ1n) is 6.12. The highest BCUT2D eigenvalue weighted by Crippen LogP contribution is 2.24. The molecule has 0 bridgehead atoms. The fourth-order valence-corrected chi connectivity index (χ4v) is 2.85. The Morgan fingerprint density at radius 2 is 2.29 bits per heavy atom. The van der Waals surface area contributed by atoms with Crippen LogP contribution < -0.4 is 0 Å². The van der Waals surface area contributed by atoms with Crippen molar-refractivity contribution in [3.8, 4) is 0 Å². The number of hydrogen-bond acceptors (Lipinski definition) is 1. The van der Waals surface area contributed by atoms with Crippen LogP contribution in [0.2, 0.25) is 0 Å². The molecular formula is C14H16BrN2. The molecule has 0 saturated carbocycles. The van der Waals surface area contributed by atoms with E-state index >= 15 is 0 Å². The van der Waals surface area contributed by atoms with Crippen molar-refractivity contribution in [3.63, 3.8) is 0 Å². The van der Waals surface area contributed by atoms with Gasteiger partial charge in [-0.1, -0.05) is 15.9 Å². The second-order valence-electron chi connectivity index (χ2n) is 4.67. The van der Waals surface area contributed by atoms with Crippen LogP contribution in [-0.4, -0.2) is 23.0 Å². The average Bonchev–Trinajstić information content (AvgIpc) is 2.73. The summed E-state index contributed by atoms with van der Waals surface area (Å²) in [6.45, 7) is 3.39. The number of halogens is 1. The van der Waals surface area contributed by atoms with E-state index in [2.05, 4.69) is 56.6 Å². The largest absolute Gasteiger partial charge is 0.361 e. The third-order valence-electron chi connectivity index (χ3n) is 3.39. The average molecular weight is 292 g/mol. The number of aromatic nitrogens is 1. The molecule has 2 nitrogen and oxygen atoms in total. The maximum absolute atomic E-state index is 3.54. The van der Waals surface area contributed by atoms with Crippen molar-refractivity contribution in [2.24, 2.45) is 0 Å². The number of nitrogens with zero attached hydrogens (tertiary/aromatic N) is 1. The van der Waals surface area contributed by atoms with Gasteiger partial charge in [0.2, 0.25) is 0 Å². The molecule has 2 heterocycles. The Bertz CT molecular complexity index is 512. The van der Waals surface area contributed by atoms with Crippen LogP contribution in [0.15, 0.2) is 28.9 Å². The molecule has 2 aromatic rings. The molecule has 3 heteroatoms. The van der Waals surface area contributed by atoms with Crippen LogP contribution in [0.3, 0.4) is 0 Å². The van der Waals surface area contributed by atoms with Crippen molar-refractivity contribution in [2.45, 2.75) is 19.4 Å². The van der Waals surface area contributed by atoms with Gasteiger partial charge < -0.3 is 4.98 Å². The van der Waals surface area contributed by atoms with Crippen LogP contribution in [-0.2, 0) is 6.54 Å². The highest BCUT2D eigenvalue weighted by molar-refractivity contribution is 9.10. The lowest BCUT2D eigenvalue weighted by atomic mass is 10.1. The van der Waals surface area contributed by atoms with Gasteiger partial charge in [0.1, 0.15) is 0 Å². The number of nitrogens with one attached hydrogen (secondary N) is 1. The van der Waals surface area contributed by atoms with Crippen molar-refractivity contribution < 1.29 is 0 Å². The lowest BCUT2D eigenvalue weighted by molar-refractivity contribution is 0.255. The standard InChI is InChI=1S/C14H16BrN2/c15-12-4-5-14-13(8-12)11(9-16-14)10-17-6-2-1-3-7-17/h2,4-5,8-9,16H,1,3,6-7,10H2. The van der Waals surface area contributed by atoms with Crippen molar-refractivity contribution in [1.82, 2.24) is 9.88 Å². The summed E-state index contributed by atoms with van der Waals surface area (Å²) in [4.78, 5) is 5.85. The van der Waals surface area contributed by atoms with Crippen LogP contribution in [0, 0.1) is 6.42 Å². The van der Waals surface area contributed by atoms with E-state index in [1.54, 1.807) is 0 Å². The summed E-state index contributed by atoms with van der Waals surface area (Å²) in [6.07, 6.45) is 7.10. The molecule has 17 heavy (non-hydrogen) atoms. The highest BCUT2D eigenvalue weighted by atomic mass is 79.9. The SMILES string of the molecule is Brc1ccc2[nH]cc(CN3C[CH]CCC3)c2c1. The number of fused-ring (bicyclic) bond motifs is 1. The third kappa shape index (κ3) is 2.40. The Balaban J connectivity index is 1.86. The van der Waals surface area contributed by atoms with Crippen LogP contribution in [0.25, 0.3) is 10.9 Å². The Hall–Kier alpha value is -0.800. The van der Waals surface area contributed by atoms with E-state index in [9.17, 15) is 0 Å². The summed E-state index contributed by atoms with van der Waals surface area (Å²) >= 11 is 3.54. The zero-order chi connectivity index (χ0) is 11.7. The monoisotopic (exact) mass is 291 g/mol. The fraction of sp³-hybridized carbons (Fsp3) is 0.357. The first kappa shape index (κ1) is 11.3. The van der Waals surface area contributed by atoms with Crippen molar-refractivity contribution in [1.29, 1.82) is 0 Å². The number of H-pyrrole nitrogens is 1. The first-order chi connectivity index (χ1) is 8.33. The Labute approximate surface area is 110 Å². The molecule has 0 spiro atoms. The van der Waals surface area contributed by atoms with E-state index in [0.717, 1.165) is 17.6 Å². The van der Waals surface area contributed by atoms with Gasteiger partial charge in [0.25, 0.3) is 0 Å². The lowest BCUT2D eigenvalue weighted by Gasteiger charge is -2.25. The summed E-state index contributed by atoms with van der Waals surface area (Å²) in [5.41, 5.74) is 2.63. The van der Waals surface area contributed by atoms with Gasteiger partial charge in [-0.15, -0.1) is 0 Å². The molecule has 0 amide bonds. The molecule has 0 atom stereocenters. The van der Waals surface area contributed by atoms with Crippen molar-refractivity contribution in [3.05, 3.63) is 40.9 Å². The zero-order valence-electron chi connectivity index (χ0n) is 9.75. The van der Waals surface area contributed by atoms with E-state index in [-0.39, 0.29) is 0 Å². The van der Waals surface area contributed by atoms with Gasteiger partial charge in [0.15, 0.2) is 0 Å². The van der Waals surface area contributed by atoms with Gasteiger partial charge in [-0.3, -0.25) is 4.90 Å². The van der Waals surface area contributed by atoms with E-state index in [1.807, 2.05) is 0 Å². The van der Waals surface area contributed by atoms with E-state index in [1.165, 1.54) is 35.9 Å². The van der Waals surface area contributed by atoms with E-state index < -0.39 is 0 Å². The third-order valence-corrected chi connectivity index (χ3v) is 3.89. The quantitative estimate of drug-likeness (QED) is 0.893. The molecule has 1 aromatic heterocycles. The first-order valence-corrected chi connectivity index (χ1v) is 6.92. The van der Waals surface area contributed by atoms with Gasteiger partial charge in [-0.05, 0) is 49.6 Å². The normalized spacial score (nSPS) is 17.7. The van der Waals surface area contributed by atoms with Gasteiger partial charge in [0, 0.05) is 34.7 Å². The Morgan fingerprint density at radius 1 is 1.35 bits per heavy atom. The summed E-state index contributed by atoms with van der Waals surface area (Å²) in [5.74, 6) is 0. The molecule has 1 radical (unpaired) electrons. The minimum Gasteiger partial charge on any atom is -0.361 e. The molecule has 1 aliphatic heterocycles. The van der Waals surface area contributed by atoms with Gasteiger partial charge >= 0.3 is 0 Å². The van der Waals surface area contributed by atoms with Crippen LogP contribution in [0.1, 0.15) is 18.4 Å². The molecule has 1 fully saturated rings. The minimum absolute atomic E-state index is 1.05. The van der Waals surface area contributed by atoms with E-state index in [4.69, 9.17) is 0 Å². The number of hydrogen-bond donors (Lipinski definition) is 1. The molecule has 1 saturated heterocycles. The molecular weight excluding hydrogens is 276 g/mol. The summed E-state index contributed by atoms with van der Waals surface area (Å²) in [5, 5.41) is 1.34. The summed E-state index contributed by atoms with van der Waals surface area (Å²) in [6, 6.07) is 6.41. The van der Waals surface area contributed by atoms with Crippen molar-refractivity contribution >= 4 is 26.8 Å². The summed E-state index contributed by atoms with van der Waals surface area (Å²) in [7, 11) is 0. The number of likely N-dealkylation sites (tertiary alicyclic amines) is 1. The lowest BCUT2D eigenvalue weighted by Crippen LogP contribution is -2.29. The highest BCUT2D eigenvalue weighted by Gasteiger charge is 2.12. The molecule has 3 rings (SSSR count). The predicted octanol–water partition coefficient (Wildman–Crippen LogP) is 3.73.